The van der Waals surface area contributed by atoms with Gasteiger partial charge in [0.25, 0.3) is 0 Å². The van der Waals surface area contributed by atoms with Crippen LogP contribution in [0.5, 0.6) is 0 Å². The lowest BCUT2D eigenvalue weighted by Gasteiger charge is -2.20. The number of carbonyl (C=O) groups excluding carboxylic acids is 2. The van der Waals surface area contributed by atoms with E-state index in [4.69, 9.17) is 14.6 Å². The standard InChI is InChI=1S/C15H28N2O6/c1-5-6-10-22-14(21)17-11(12(18)19)8-7-9-16-13(20)23-15(2,3)4/h11H,5-10H2,1-4H3,(H,16,20)(H,17,21)(H,18,19). The van der Waals surface area contributed by atoms with E-state index in [1.54, 1.807) is 20.8 Å². The van der Waals surface area contributed by atoms with Crippen LogP contribution >= 0.6 is 0 Å². The highest BCUT2D eigenvalue weighted by Gasteiger charge is 2.20. The molecule has 134 valence electrons. The Bertz CT molecular complexity index is 392. The normalized spacial score (nSPS) is 12.2. The molecule has 1 unspecified atom stereocenters. The number of nitrogens with one attached hydrogen (secondary N) is 2. The van der Waals surface area contributed by atoms with Crippen LogP contribution in [0.15, 0.2) is 0 Å². The van der Waals surface area contributed by atoms with E-state index in [0.717, 1.165) is 12.8 Å². The van der Waals surface area contributed by atoms with Crippen LogP contribution in [0.2, 0.25) is 0 Å². The number of carboxylic acid groups (broad SMARTS) is 1. The van der Waals surface area contributed by atoms with Crippen LogP contribution in [0.1, 0.15) is 53.4 Å². The van der Waals surface area contributed by atoms with Crippen LogP contribution in [0, 0.1) is 0 Å². The maximum atomic E-state index is 11.4. The first-order valence-corrected chi connectivity index (χ1v) is 7.78. The monoisotopic (exact) mass is 332 g/mol. The third-order valence-electron chi connectivity index (χ3n) is 2.66. The molecule has 0 aliphatic rings. The van der Waals surface area contributed by atoms with Gasteiger partial charge in [-0.3, -0.25) is 0 Å². The Kier molecular flexibility index (Phi) is 9.76. The summed E-state index contributed by atoms with van der Waals surface area (Å²) in [6.45, 7) is 7.72. The molecular weight excluding hydrogens is 304 g/mol. The van der Waals surface area contributed by atoms with Crippen molar-refractivity contribution in [3.63, 3.8) is 0 Å². The summed E-state index contributed by atoms with van der Waals surface area (Å²) in [7, 11) is 0. The van der Waals surface area contributed by atoms with Crippen LogP contribution in [-0.4, -0.2) is 48.1 Å². The van der Waals surface area contributed by atoms with Crippen molar-refractivity contribution in [1.82, 2.24) is 10.6 Å². The van der Waals surface area contributed by atoms with Gasteiger partial charge in [-0.25, -0.2) is 14.4 Å². The summed E-state index contributed by atoms with van der Waals surface area (Å²) in [6, 6.07) is -1.05. The van der Waals surface area contributed by atoms with E-state index < -0.39 is 29.8 Å². The van der Waals surface area contributed by atoms with E-state index in [2.05, 4.69) is 10.6 Å². The average molecular weight is 332 g/mol. The zero-order chi connectivity index (χ0) is 17.9. The summed E-state index contributed by atoms with van der Waals surface area (Å²) >= 11 is 0. The molecule has 0 aliphatic heterocycles. The highest BCUT2D eigenvalue weighted by molar-refractivity contribution is 5.79. The van der Waals surface area contributed by atoms with Crippen LogP contribution < -0.4 is 10.6 Å². The maximum Gasteiger partial charge on any atom is 0.407 e. The molecule has 3 N–H and O–H groups in total. The molecule has 23 heavy (non-hydrogen) atoms. The first kappa shape index (κ1) is 21.0. The Balaban J connectivity index is 4.03. The Morgan fingerprint density at radius 1 is 1.13 bits per heavy atom. The highest BCUT2D eigenvalue weighted by atomic mass is 16.6. The fourth-order valence-corrected chi connectivity index (χ4v) is 1.56. The Hall–Kier alpha value is -1.99. The Morgan fingerprint density at radius 2 is 1.78 bits per heavy atom. The first-order chi connectivity index (χ1) is 10.7. The number of hydrogen-bond donors (Lipinski definition) is 3. The van der Waals surface area contributed by atoms with Crippen LogP contribution in [0.3, 0.4) is 0 Å². The summed E-state index contributed by atoms with van der Waals surface area (Å²) in [5, 5.41) is 13.9. The van der Waals surface area contributed by atoms with Gasteiger partial charge in [-0.2, -0.15) is 0 Å². The van der Waals surface area contributed by atoms with Gasteiger partial charge in [0, 0.05) is 6.54 Å². The molecule has 0 aromatic carbocycles. The molecule has 0 rings (SSSR count). The van der Waals surface area contributed by atoms with Crippen molar-refractivity contribution in [3.05, 3.63) is 0 Å². The molecule has 0 radical (unpaired) electrons. The molecule has 0 heterocycles. The second-order valence-electron chi connectivity index (χ2n) is 6.10. The van der Waals surface area contributed by atoms with E-state index in [0.29, 0.717) is 6.42 Å². The summed E-state index contributed by atoms with van der Waals surface area (Å²) < 4.78 is 9.91. The van der Waals surface area contributed by atoms with Gasteiger partial charge in [-0.1, -0.05) is 13.3 Å². The quantitative estimate of drug-likeness (QED) is 0.558. The predicted molar refractivity (Wildman–Crippen MR) is 84.3 cm³/mol. The molecular formula is C15H28N2O6. The fraction of sp³-hybridized carbons (Fsp3) is 0.800. The topological polar surface area (TPSA) is 114 Å². The van der Waals surface area contributed by atoms with Crippen molar-refractivity contribution in [3.8, 4) is 0 Å². The van der Waals surface area contributed by atoms with Crippen molar-refractivity contribution in [2.75, 3.05) is 13.2 Å². The summed E-state index contributed by atoms with van der Waals surface area (Å²) in [4.78, 5) is 34.0. The fourth-order valence-electron chi connectivity index (χ4n) is 1.56. The van der Waals surface area contributed by atoms with Gasteiger partial charge in [-0.15, -0.1) is 0 Å². The molecule has 0 saturated heterocycles. The average Bonchev–Trinajstić information content (AvgIpc) is 2.40. The third kappa shape index (κ3) is 12.3. The molecule has 0 fully saturated rings. The molecule has 2 amide bonds. The summed E-state index contributed by atoms with van der Waals surface area (Å²) in [5.41, 5.74) is -0.586. The van der Waals surface area contributed by atoms with Gasteiger partial charge >= 0.3 is 18.2 Å². The van der Waals surface area contributed by atoms with Crippen LogP contribution in [0.4, 0.5) is 9.59 Å². The van der Waals surface area contributed by atoms with E-state index in [9.17, 15) is 14.4 Å². The minimum atomic E-state index is -1.14. The second-order valence-corrected chi connectivity index (χ2v) is 6.10. The number of ether oxygens (including phenoxy) is 2. The molecule has 8 heteroatoms. The zero-order valence-corrected chi connectivity index (χ0v) is 14.3. The zero-order valence-electron chi connectivity index (χ0n) is 14.3. The van der Waals surface area contributed by atoms with E-state index in [1.165, 1.54) is 0 Å². The van der Waals surface area contributed by atoms with Crippen molar-refractivity contribution >= 4 is 18.2 Å². The largest absolute Gasteiger partial charge is 0.480 e. The van der Waals surface area contributed by atoms with Crippen molar-refractivity contribution in [2.24, 2.45) is 0 Å². The van der Waals surface area contributed by atoms with Crippen molar-refractivity contribution in [2.45, 2.75) is 65.0 Å². The molecule has 0 spiro atoms. The lowest BCUT2D eigenvalue weighted by Crippen LogP contribution is -2.41. The minimum absolute atomic E-state index is 0.175. The van der Waals surface area contributed by atoms with Crippen molar-refractivity contribution < 1.29 is 29.0 Å². The number of amides is 2. The third-order valence-corrected chi connectivity index (χ3v) is 2.66. The molecule has 8 nitrogen and oxygen atoms in total. The minimum Gasteiger partial charge on any atom is -0.480 e. The first-order valence-electron chi connectivity index (χ1n) is 7.78. The molecule has 1 atom stereocenters. The number of aliphatic carboxylic acids is 1. The molecule has 0 bridgehead atoms. The predicted octanol–water partition coefficient (Wildman–Crippen LogP) is 2.27. The van der Waals surface area contributed by atoms with E-state index in [-0.39, 0.29) is 19.6 Å². The van der Waals surface area contributed by atoms with E-state index in [1.807, 2.05) is 6.92 Å². The Labute approximate surface area is 136 Å². The van der Waals surface area contributed by atoms with Gasteiger partial charge in [0.1, 0.15) is 11.6 Å². The summed E-state index contributed by atoms with van der Waals surface area (Å²) in [6.07, 6.45) is 0.860. The van der Waals surface area contributed by atoms with Gasteiger partial charge in [0.2, 0.25) is 0 Å². The SMILES string of the molecule is CCCCOC(=O)NC(CCCNC(=O)OC(C)(C)C)C(=O)O. The molecule has 0 aromatic heterocycles. The van der Waals surface area contributed by atoms with Crippen molar-refractivity contribution in [1.29, 1.82) is 0 Å². The molecule has 0 aliphatic carbocycles. The van der Waals surface area contributed by atoms with E-state index >= 15 is 0 Å². The lowest BCUT2D eigenvalue weighted by molar-refractivity contribution is -0.139. The number of carbonyl (C=O) groups is 3. The Morgan fingerprint density at radius 3 is 2.30 bits per heavy atom. The number of carboxylic acids is 1. The molecule has 0 aromatic rings. The van der Waals surface area contributed by atoms with Gasteiger partial charge in [0.05, 0.1) is 6.61 Å². The highest BCUT2D eigenvalue weighted by Crippen LogP contribution is 2.06. The van der Waals surface area contributed by atoms with Gasteiger partial charge in [0.15, 0.2) is 0 Å². The van der Waals surface area contributed by atoms with Gasteiger partial charge < -0.3 is 25.2 Å². The lowest BCUT2D eigenvalue weighted by atomic mass is 10.1. The van der Waals surface area contributed by atoms with Gasteiger partial charge in [-0.05, 0) is 40.0 Å². The maximum absolute atomic E-state index is 11.4. The van der Waals surface area contributed by atoms with Crippen LogP contribution in [-0.2, 0) is 14.3 Å². The number of hydrogen-bond acceptors (Lipinski definition) is 5. The number of alkyl carbamates (subject to hydrolysis) is 2. The van der Waals surface area contributed by atoms with Crippen LogP contribution in [0.25, 0.3) is 0 Å². The summed E-state index contributed by atoms with van der Waals surface area (Å²) in [5.74, 6) is -1.14. The smallest absolute Gasteiger partial charge is 0.407 e. The molecule has 0 saturated carbocycles. The second kappa shape index (κ2) is 10.7. The number of unbranched alkanes of at least 4 members (excludes halogenated alkanes) is 1. The number of rotatable bonds is 9.